The molecule has 0 saturated carbocycles. The lowest BCUT2D eigenvalue weighted by Gasteiger charge is -2.26. The summed E-state index contributed by atoms with van der Waals surface area (Å²) in [5, 5.41) is 0. The number of rotatable bonds is 1. The van der Waals surface area contributed by atoms with Crippen molar-refractivity contribution < 1.29 is 26.3 Å². The third-order valence-corrected chi connectivity index (χ3v) is 2.99. The first kappa shape index (κ1) is 19.3. The Balaban J connectivity index is 0.000000231. The summed E-state index contributed by atoms with van der Waals surface area (Å²) < 4.78 is 71.3. The summed E-state index contributed by atoms with van der Waals surface area (Å²) in [6.45, 7) is 0.492. The summed E-state index contributed by atoms with van der Waals surface area (Å²) in [4.78, 5) is 7.81. The Morgan fingerprint density at radius 1 is 1.00 bits per heavy atom. The number of nitrogens with zero attached hydrogens (tertiary/aromatic N) is 3. The third kappa shape index (κ3) is 7.35. The van der Waals surface area contributed by atoms with Crippen LogP contribution in [0.5, 0.6) is 0 Å². The maximum absolute atomic E-state index is 12.0. The molecule has 132 valence electrons. The van der Waals surface area contributed by atoms with Crippen LogP contribution in [0, 0.1) is 0 Å². The molecule has 0 aromatic carbocycles. The molecule has 11 heteroatoms. The van der Waals surface area contributed by atoms with E-state index in [1.54, 1.807) is 0 Å². The van der Waals surface area contributed by atoms with Crippen molar-refractivity contribution in [3.8, 4) is 0 Å². The summed E-state index contributed by atoms with van der Waals surface area (Å²) in [5.41, 5.74) is 8.89. The highest BCUT2D eigenvalue weighted by Gasteiger charge is 2.34. The molecule has 23 heavy (non-hydrogen) atoms. The van der Waals surface area contributed by atoms with Crippen LogP contribution >= 0.6 is 0 Å². The SMILES string of the molecule is FC(F)(F)CN1CCCCC1.Nc1ncc(C(F)(F)F)c(N)n1. The molecule has 2 rings (SSSR count). The summed E-state index contributed by atoms with van der Waals surface area (Å²) in [7, 11) is 0. The van der Waals surface area contributed by atoms with Gasteiger partial charge in [0.25, 0.3) is 0 Å². The average Bonchev–Trinajstić information content (AvgIpc) is 2.36. The first-order valence-electron chi connectivity index (χ1n) is 6.73. The highest BCUT2D eigenvalue weighted by atomic mass is 19.4. The maximum atomic E-state index is 12.0. The van der Waals surface area contributed by atoms with Gasteiger partial charge in [-0.25, -0.2) is 4.98 Å². The lowest BCUT2D eigenvalue weighted by Crippen LogP contribution is -2.37. The predicted octanol–water partition coefficient (Wildman–Crippen LogP) is 2.69. The van der Waals surface area contributed by atoms with E-state index in [4.69, 9.17) is 11.5 Å². The number of hydrogen-bond acceptors (Lipinski definition) is 5. The molecule has 1 aliphatic rings. The molecule has 1 aromatic heterocycles. The summed E-state index contributed by atoms with van der Waals surface area (Å²) >= 11 is 0. The first-order valence-corrected chi connectivity index (χ1v) is 6.73. The van der Waals surface area contributed by atoms with Gasteiger partial charge >= 0.3 is 12.4 Å². The quantitative estimate of drug-likeness (QED) is 0.765. The van der Waals surface area contributed by atoms with E-state index < -0.39 is 30.3 Å². The van der Waals surface area contributed by atoms with E-state index in [9.17, 15) is 26.3 Å². The van der Waals surface area contributed by atoms with Crippen molar-refractivity contribution in [3.63, 3.8) is 0 Å². The highest BCUT2D eigenvalue weighted by Crippen LogP contribution is 2.31. The van der Waals surface area contributed by atoms with Crippen LogP contribution in [0.2, 0.25) is 0 Å². The van der Waals surface area contributed by atoms with Gasteiger partial charge in [-0.1, -0.05) is 6.42 Å². The number of likely N-dealkylation sites (tertiary alicyclic amines) is 1. The third-order valence-electron chi connectivity index (χ3n) is 2.99. The first-order chi connectivity index (χ1) is 10.5. The molecule has 0 amide bonds. The summed E-state index contributed by atoms with van der Waals surface area (Å²) in [6.07, 6.45) is -5.09. The van der Waals surface area contributed by atoms with Crippen LogP contribution in [0.3, 0.4) is 0 Å². The predicted molar refractivity (Wildman–Crippen MR) is 72.2 cm³/mol. The van der Waals surface area contributed by atoms with E-state index in [0.29, 0.717) is 19.3 Å². The standard InChI is InChI=1S/C7H12F3N.C5H5F3N4/c8-7(9,10)6-11-4-2-1-3-5-11;6-5(7,8)2-1-11-4(10)12-3(2)9/h1-6H2;1H,(H4,9,10,11,12). The molecule has 1 fully saturated rings. The number of nitrogen functional groups attached to an aromatic ring is 2. The molecule has 0 bridgehead atoms. The van der Waals surface area contributed by atoms with E-state index in [2.05, 4.69) is 9.97 Å². The molecule has 5 nitrogen and oxygen atoms in total. The molecule has 2 heterocycles. The molecule has 0 unspecified atom stereocenters. The number of anilines is 2. The smallest absolute Gasteiger partial charge is 0.383 e. The van der Waals surface area contributed by atoms with Crippen LogP contribution in [0.25, 0.3) is 0 Å². The molecule has 0 radical (unpaired) electrons. The van der Waals surface area contributed by atoms with Gasteiger partial charge in [-0.05, 0) is 25.9 Å². The molecular formula is C12H17F6N5. The monoisotopic (exact) mass is 345 g/mol. The Hall–Kier alpha value is -1.78. The van der Waals surface area contributed by atoms with Crippen LogP contribution in [0.4, 0.5) is 38.1 Å². The van der Waals surface area contributed by atoms with Crippen LogP contribution in [0.15, 0.2) is 6.20 Å². The fourth-order valence-electron chi connectivity index (χ4n) is 2.00. The normalized spacial score (nSPS) is 16.6. The van der Waals surface area contributed by atoms with Crippen molar-refractivity contribution in [3.05, 3.63) is 11.8 Å². The fraction of sp³-hybridized carbons (Fsp3) is 0.667. The van der Waals surface area contributed by atoms with Gasteiger partial charge in [-0.2, -0.15) is 31.3 Å². The van der Waals surface area contributed by atoms with Crippen LogP contribution < -0.4 is 11.5 Å². The van der Waals surface area contributed by atoms with Gasteiger partial charge in [0, 0.05) is 6.20 Å². The van der Waals surface area contributed by atoms with Crippen LogP contribution in [-0.2, 0) is 6.18 Å². The Morgan fingerprint density at radius 3 is 2.00 bits per heavy atom. The molecule has 0 atom stereocenters. The van der Waals surface area contributed by atoms with E-state index in [1.165, 1.54) is 4.90 Å². The number of nitrogens with two attached hydrogens (primary N) is 2. The van der Waals surface area contributed by atoms with Crippen molar-refractivity contribution in [1.29, 1.82) is 0 Å². The number of halogens is 6. The Bertz CT molecular complexity index is 496. The minimum absolute atomic E-state index is 0.277. The largest absolute Gasteiger partial charge is 0.421 e. The summed E-state index contributed by atoms with van der Waals surface area (Å²) in [6, 6.07) is 0. The van der Waals surface area contributed by atoms with Crippen molar-refractivity contribution in [2.45, 2.75) is 31.6 Å². The number of alkyl halides is 6. The van der Waals surface area contributed by atoms with Crippen LogP contribution in [0.1, 0.15) is 24.8 Å². The molecule has 1 saturated heterocycles. The molecule has 0 aliphatic carbocycles. The van der Waals surface area contributed by atoms with E-state index in [0.717, 1.165) is 19.3 Å². The van der Waals surface area contributed by atoms with Crippen molar-refractivity contribution in [2.75, 3.05) is 31.1 Å². The van der Waals surface area contributed by atoms with Gasteiger partial charge in [0.2, 0.25) is 5.95 Å². The lowest BCUT2D eigenvalue weighted by molar-refractivity contribution is -0.147. The van der Waals surface area contributed by atoms with E-state index in [-0.39, 0.29) is 5.95 Å². The fourth-order valence-corrected chi connectivity index (χ4v) is 2.00. The van der Waals surface area contributed by atoms with Crippen molar-refractivity contribution in [2.24, 2.45) is 0 Å². The highest BCUT2D eigenvalue weighted by molar-refractivity contribution is 5.42. The minimum atomic E-state index is -4.53. The topological polar surface area (TPSA) is 81.1 Å². The van der Waals surface area contributed by atoms with Crippen LogP contribution in [-0.4, -0.2) is 40.7 Å². The van der Waals surface area contributed by atoms with Crippen molar-refractivity contribution >= 4 is 11.8 Å². The molecule has 0 spiro atoms. The van der Waals surface area contributed by atoms with Gasteiger partial charge in [0.15, 0.2) is 0 Å². The minimum Gasteiger partial charge on any atom is -0.383 e. The van der Waals surface area contributed by atoms with Gasteiger partial charge in [0.1, 0.15) is 11.4 Å². The van der Waals surface area contributed by atoms with E-state index in [1.807, 2.05) is 0 Å². The Kier molecular flexibility index (Phi) is 6.42. The number of aromatic nitrogens is 2. The number of hydrogen-bond donors (Lipinski definition) is 2. The maximum Gasteiger partial charge on any atom is 0.421 e. The second-order valence-corrected chi connectivity index (χ2v) is 4.98. The second kappa shape index (κ2) is 7.66. The number of piperidine rings is 1. The van der Waals surface area contributed by atoms with Crippen molar-refractivity contribution in [1.82, 2.24) is 14.9 Å². The molecule has 4 N–H and O–H groups in total. The van der Waals surface area contributed by atoms with Gasteiger partial charge in [-0.3, -0.25) is 4.90 Å². The molecular weight excluding hydrogens is 328 g/mol. The zero-order valence-electron chi connectivity index (χ0n) is 12.1. The van der Waals surface area contributed by atoms with Gasteiger partial charge < -0.3 is 11.5 Å². The van der Waals surface area contributed by atoms with E-state index >= 15 is 0 Å². The van der Waals surface area contributed by atoms with Gasteiger partial charge in [-0.15, -0.1) is 0 Å². The zero-order valence-corrected chi connectivity index (χ0v) is 12.1. The lowest BCUT2D eigenvalue weighted by atomic mass is 10.1. The second-order valence-electron chi connectivity index (χ2n) is 4.98. The molecule has 1 aliphatic heterocycles. The zero-order chi connectivity index (χ0) is 17.7. The van der Waals surface area contributed by atoms with Gasteiger partial charge in [0.05, 0.1) is 6.54 Å². The Labute approximate surface area is 128 Å². The molecule has 1 aromatic rings. The average molecular weight is 345 g/mol. The summed E-state index contributed by atoms with van der Waals surface area (Å²) in [5.74, 6) is -0.935. The Morgan fingerprint density at radius 2 is 1.57 bits per heavy atom.